The van der Waals surface area contributed by atoms with Crippen LogP contribution in [-0.2, 0) is 9.59 Å². The molecule has 132 valence electrons. The van der Waals surface area contributed by atoms with Crippen molar-refractivity contribution in [3.8, 4) is 0 Å². The Balaban J connectivity index is 1.76. The van der Waals surface area contributed by atoms with Crippen LogP contribution in [0.5, 0.6) is 0 Å². The second kappa shape index (κ2) is 8.64. The minimum absolute atomic E-state index is 0.0579. The third-order valence-corrected chi connectivity index (χ3v) is 5.08. The Morgan fingerprint density at radius 1 is 1.13 bits per heavy atom. The van der Waals surface area contributed by atoms with Crippen molar-refractivity contribution in [3.63, 3.8) is 0 Å². The van der Waals surface area contributed by atoms with Crippen LogP contribution in [0.2, 0.25) is 0 Å². The minimum Gasteiger partial charge on any atom is -0.339 e. The van der Waals surface area contributed by atoms with Gasteiger partial charge in [-0.3, -0.25) is 14.5 Å². The molecule has 2 aliphatic heterocycles. The average molecular weight is 324 g/mol. The molecule has 2 aliphatic rings. The van der Waals surface area contributed by atoms with E-state index in [-0.39, 0.29) is 17.9 Å². The van der Waals surface area contributed by atoms with E-state index in [4.69, 9.17) is 5.73 Å². The highest BCUT2D eigenvalue weighted by Gasteiger charge is 2.28. The lowest BCUT2D eigenvalue weighted by Crippen LogP contribution is -2.55. The van der Waals surface area contributed by atoms with Gasteiger partial charge in [-0.1, -0.05) is 13.3 Å². The van der Waals surface area contributed by atoms with Crippen LogP contribution >= 0.6 is 0 Å². The first kappa shape index (κ1) is 18.2. The van der Waals surface area contributed by atoms with Gasteiger partial charge in [0.05, 0.1) is 12.6 Å². The molecule has 2 amide bonds. The third kappa shape index (κ3) is 4.91. The number of piperidine rings is 1. The molecule has 2 atom stereocenters. The molecule has 0 spiro atoms. The lowest BCUT2D eigenvalue weighted by Gasteiger charge is -2.38. The fourth-order valence-electron chi connectivity index (χ4n) is 3.55. The summed E-state index contributed by atoms with van der Waals surface area (Å²) in [7, 11) is 0. The van der Waals surface area contributed by atoms with Crippen molar-refractivity contribution in [1.29, 1.82) is 0 Å². The summed E-state index contributed by atoms with van der Waals surface area (Å²) in [5.41, 5.74) is 5.92. The standard InChI is InChI=1S/C17H32N4O2/c1-3-6-15(18)17(23)20-11-9-19(10-12-20)13-16(22)21-8-5-4-7-14(21)2/h14-15H,3-13,18H2,1-2H3. The molecular formula is C17H32N4O2. The fraction of sp³-hybridized carbons (Fsp3) is 0.882. The van der Waals surface area contributed by atoms with E-state index in [1.54, 1.807) is 0 Å². The lowest BCUT2D eigenvalue weighted by atomic mass is 10.0. The maximum Gasteiger partial charge on any atom is 0.239 e. The summed E-state index contributed by atoms with van der Waals surface area (Å²) < 4.78 is 0. The predicted octanol–water partition coefficient (Wildman–Crippen LogP) is 0.659. The molecule has 2 N–H and O–H groups in total. The highest BCUT2D eigenvalue weighted by atomic mass is 16.2. The summed E-state index contributed by atoms with van der Waals surface area (Å²) in [6.07, 6.45) is 5.13. The summed E-state index contributed by atoms with van der Waals surface area (Å²) in [5, 5.41) is 0. The molecule has 2 unspecified atom stereocenters. The van der Waals surface area contributed by atoms with Crippen LogP contribution in [0, 0.1) is 0 Å². The number of hydrogen-bond donors (Lipinski definition) is 1. The first-order valence-corrected chi connectivity index (χ1v) is 9.09. The molecule has 2 fully saturated rings. The van der Waals surface area contributed by atoms with E-state index >= 15 is 0 Å². The van der Waals surface area contributed by atoms with E-state index in [1.807, 2.05) is 16.7 Å². The molecule has 2 heterocycles. The first-order chi connectivity index (χ1) is 11.0. The van der Waals surface area contributed by atoms with Crippen LogP contribution < -0.4 is 5.73 Å². The molecule has 0 radical (unpaired) electrons. The molecule has 6 heteroatoms. The predicted molar refractivity (Wildman–Crippen MR) is 90.9 cm³/mol. The van der Waals surface area contributed by atoms with Gasteiger partial charge < -0.3 is 15.5 Å². The van der Waals surface area contributed by atoms with Crippen LogP contribution in [0.25, 0.3) is 0 Å². The SMILES string of the molecule is CCCC(N)C(=O)N1CCN(CC(=O)N2CCCCC2C)CC1. The Morgan fingerprint density at radius 2 is 1.83 bits per heavy atom. The summed E-state index contributed by atoms with van der Waals surface area (Å²) in [6.45, 7) is 8.44. The van der Waals surface area contributed by atoms with Gasteiger partial charge in [-0.15, -0.1) is 0 Å². The summed E-state index contributed by atoms with van der Waals surface area (Å²) in [6, 6.07) is -0.00598. The molecule has 0 bridgehead atoms. The van der Waals surface area contributed by atoms with Gasteiger partial charge in [0.15, 0.2) is 0 Å². The molecule has 2 saturated heterocycles. The minimum atomic E-state index is -0.373. The van der Waals surface area contributed by atoms with Gasteiger partial charge in [-0.05, 0) is 32.6 Å². The van der Waals surface area contributed by atoms with E-state index < -0.39 is 0 Å². The zero-order chi connectivity index (χ0) is 16.8. The Labute approximate surface area is 140 Å². The number of likely N-dealkylation sites (tertiary alicyclic amines) is 1. The number of carbonyl (C=O) groups excluding carboxylic acids is 2. The van der Waals surface area contributed by atoms with E-state index in [9.17, 15) is 9.59 Å². The van der Waals surface area contributed by atoms with E-state index in [0.29, 0.717) is 25.7 Å². The molecule has 23 heavy (non-hydrogen) atoms. The number of nitrogens with two attached hydrogens (primary N) is 1. The van der Waals surface area contributed by atoms with Gasteiger partial charge in [0, 0.05) is 38.8 Å². The Hall–Kier alpha value is -1.14. The van der Waals surface area contributed by atoms with Gasteiger partial charge >= 0.3 is 0 Å². The van der Waals surface area contributed by atoms with Crippen LogP contribution in [0.1, 0.15) is 46.0 Å². The fourth-order valence-corrected chi connectivity index (χ4v) is 3.55. The van der Waals surface area contributed by atoms with E-state index in [2.05, 4.69) is 11.8 Å². The number of carbonyl (C=O) groups is 2. The third-order valence-electron chi connectivity index (χ3n) is 5.08. The van der Waals surface area contributed by atoms with Crippen molar-refractivity contribution in [1.82, 2.24) is 14.7 Å². The lowest BCUT2D eigenvalue weighted by molar-refractivity contribution is -0.137. The molecule has 0 aliphatic carbocycles. The maximum atomic E-state index is 12.5. The van der Waals surface area contributed by atoms with E-state index in [1.165, 1.54) is 6.42 Å². The smallest absolute Gasteiger partial charge is 0.239 e. The normalized spacial score (nSPS) is 24.6. The number of piperazine rings is 1. The second-order valence-corrected chi connectivity index (χ2v) is 6.93. The first-order valence-electron chi connectivity index (χ1n) is 9.09. The highest BCUT2D eigenvalue weighted by Crippen LogP contribution is 2.17. The van der Waals surface area contributed by atoms with Crippen molar-refractivity contribution in [2.45, 2.75) is 58.0 Å². The van der Waals surface area contributed by atoms with Gasteiger partial charge in [-0.2, -0.15) is 0 Å². The van der Waals surface area contributed by atoms with Crippen molar-refractivity contribution in [3.05, 3.63) is 0 Å². The monoisotopic (exact) mass is 324 g/mol. The second-order valence-electron chi connectivity index (χ2n) is 6.93. The van der Waals surface area contributed by atoms with Crippen LogP contribution in [0.15, 0.2) is 0 Å². The Morgan fingerprint density at radius 3 is 2.43 bits per heavy atom. The molecule has 0 saturated carbocycles. The zero-order valence-corrected chi connectivity index (χ0v) is 14.7. The molecule has 6 nitrogen and oxygen atoms in total. The molecular weight excluding hydrogens is 292 g/mol. The largest absolute Gasteiger partial charge is 0.339 e. The van der Waals surface area contributed by atoms with Gasteiger partial charge in [0.2, 0.25) is 11.8 Å². The quantitative estimate of drug-likeness (QED) is 0.806. The van der Waals surface area contributed by atoms with Crippen molar-refractivity contribution in [2.24, 2.45) is 5.73 Å². The molecule has 2 rings (SSSR count). The topological polar surface area (TPSA) is 69.9 Å². The average Bonchev–Trinajstić information content (AvgIpc) is 2.55. The van der Waals surface area contributed by atoms with Gasteiger partial charge in [0.1, 0.15) is 0 Å². The highest BCUT2D eigenvalue weighted by molar-refractivity contribution is 5.82. The van der Waals surface area contributed by atoms with Crippen LogP contribution in [0.4, 0.5) is 0 Å². The number of amides is 2. The zero-order valence-electron chi connectivity index (χ0n) is 14.7. The number of nitrogens with zero attached hydrogens (tertiary/aromatic N) is 3. The van der Waals surface area contributed by atoms with Crippen molar-refractivity contribution >= 4 is 11.8 Å². The van der Waals surface area contributed by atoms with Gasteiger partial charge in [0.25, 0.3) is 0 Å². The van der Waals surface area contributed by atoms with E-state index in [0.717, 1.165) is 45.3 Å². The number of hydrogen-bond acceptors (Lipinski definition) is 4. The maximum absolute atomic E-state index is 12.5. The van der Waals surface area contributed by atoms with Crippen LogP contribution in [0.3, 0.4) is 0 Å². The van der Waals surface area contributed by atoms with Gasteiger partial charge in [-0.25, -0.2) is 0 Å². The van der Waals surface area contributed by atoms with Crippen molar-refractivity contribution < 1.29 is 9.59 Å². The molecule has 0 aromatic rings. The Bertz CT molecular complexity index is 407. The van der Waals surface area contributed by atoms with Crippen molar-refractivity contribution in [2.75, 3.05) is 39.3 Å². The molecule has 0 aromatic carbocycles. The Kier molecular flexibility index (Phi) is 6.84. The van der Waals surface area contributed by atoms with Crippen LogP contribution in [-0.4, -0.2) is 77.9 Å². The number of rotatable bonds is 5. The summed E-state index contributed by atoms with van der Waals surface area (Å²) in [5.74, 6) is 0.294. The summed E-state index contributed by atoms with van der Waals surface area (Å²) in [4.78, 5) is 30.7. The summed E-state index contributed by atoms with van der Waals surface area (Å²) >= 11 is 0. The molecule has 0 aromatic heterocycles.